The highest BCUT2D eigenvalue weighted by atomic mass is 79.9. The van der Waals surface area contributed by atoms with Gasteiger partial charge in [0.05, 0.1) is 11.1 Å². The van der Waals surface area contributed by atoms with Crippen molar-refractivity contribution >= 4 is 38.6 Å². The van der Waals surface area contributed by atoms with Gasteiger partial charge < -0.3 is 10.6 Å². The number of rotatable bonds is 7. The van der Waals surface area contributed by atoms with E-state index in [2.05, 4.69) is 36.5 Å². The summed E-state index contributed by atoms with van der Waals surface area (Å²) >= 11 is 3.46. The Morgan fingerprint density at radius 3 is 2.53 bits per heavy atom. The van der Waals surface area contributed by atoms with E-state index in [4.69, 9.17) is 0 Å². The third kappa shape index (κ3) is 5.91. The van der Waals surface area contributed by atoms with Gasteiger partial charge in [0.2, 0.25) is 5.91 Å². The topological polar surface area (TPSA) is 66.9 Å². The van der Waals surface area contributed by atoms with Crippen LogP contribution in [0.3, 0.4) is 0 Å². The van der Waals surface area contributed by atoms with E-state index in [1.54, 1.807) is 6.07 Å². The summed E-state index contributed by atoms with van der Waals surface area (Å²) in [5, 5.41) is 6.68. The largest absolute Gasteiger partial charge is 0.416 e. The molecule has 0 saturated heterocycles. The maximum absolute atomic E-state index is 12.9. The number of para-hydroxylation sites is 1. The monoisotopic (exact) mass is 528 g/mol. The highest BCUT2D eigenvalue weighted by Gasteiger charge is 2.30. The summed E-state index contributed by atoms with van der Waals surface area (Å²) in [4.78, 5) is 21.6. The molecule has 0 atom stereocenters. The van der Waals surface area contributed by atoms with Crippen molar-refractivity contribution in [3.63, 3.8) is 0 Å². The molecule has 0 unspecified atom stereocenters. The molecule has 0 aliphatic heterocycles. The van der Waals surface area contributed by atoms with Crippen LogP contribution >= 0.6 is 15.9 Å². The number of alkyl halides is 3. The van der Waals surface area contributed by atoms with E-state index < -0.39 is 11.7 Å². The third-order valence-electron chi connectivity index (χ3n) is 5.07. The number of benzene rings is 3. The number of carbonyl (C=O) groups is 1. The average Bonchev–Trinajstić information content (AvgIpc) is 2.82. The Hall–Kier alpha value is -3.46. The summed E-state index contributed by atoms with van der Waals surface area (Å²) in [6, 6.07) is 20.2. The molecule has 0 bridgehead atoms. The van der Waals surface area contributed by atoms with Gasteiger partial charge in [-0.2, -0.15) is 13.2 Å². The number of nitrogens with zero attached hydrogens (tertiary/aromatic N) is 2. The predicted octanol–water partition coefficient (Wildman–Crippen LogP) is 6.20. The minimum absolute atomic E-state index is 0.0201. The fraction of sp³-hybridized carbons (Fsp3) is 0.160. The molecule has 0 saturated carbocycles. The molecule has 1 amide bonds. The van der Waals surface area contributed by atoms with Crippen LogP contribution in [0.4, 0.5) is 19.0 Å². The van der Waals surface area contributed by atoms with E-state index in [0.29, 0.717) is 23.8 Å². The fourth-order valence-electron chi connectivity index (χ4n) is 3.41. The zero-order chi connectivity index (χ0) is 24.1. The number of hydrogen-bond acceptors (Lipinski definition) is 4. The van der Waals surface area contributed by atoms with Crippen LogP contribution < -0.4 is 10.6 Å². The minimum Gasteiger partial charge on any atom is -0.369 e. The van der Waals surface area contributed by atoms with Crippen LogP contribution in [-0.2, 0) is 17.5 Å². The summed E-state index contributed by atoms with van der Waals surface area (Å²) in [5.41, 5.74) is 1.26. The Morgan fingerprint density at radius 1 is 0.941 bits per heavy atom. The molecule has 2 N–H and O–H groups in total. The van der Waals surface area contributed by atoms with Crippen molar-refractivity contribution in [1.29, 1.82) is 0 Å². The lowest BCUT2D eigenvalue weighted by atomic mass is 10.1. The number of carbonyl (C=O) groups excluding carboxylic acids is 1. The lowest BCUT2D eigenvalue weighted by molar-refractivity contribution is -0.137. The first-order valence-electron chi connectivity index (χ1n) is 10.5. The van der Waals surface area contributed by atoms with Gasteiger partial charge in [0.15, 0.2) is 5.82 Å². The van der Waals surface area contributed by atoms with Crippen molar-refractivity contribution in [3.05, 3.63) is 88.4 Å². The maximum Gasteiger partial charge on any atom is 0.416 e. The van der Waals surface area contributed by atoms with Crippen LogP contribution in [-0.4, -0.2) is 22.4 Å². The second kappa shape index (κ2) is 10.2. The van der Waals surface area contributed by atoms with Crippen molar-refractivity contribution in [3.8, 4) is 11.4 Å². The fourth-order valence-corrected chi connectivity index (χ4v) is 3.81. The van der Waals surface area contributed by atoms with Gasteiger partial charge in [0, 0.05) is 34.9 Å². The second-order valence-electron chi connectivity index (χ2n) is 7.57. The number of fused-ring (bicyclic) bond motifs is 1. The molecule has 34 heavy (non-hydrogen) atoms. The second-order valence-corrected chi connectivity index (χ2v) is 8.49. The summed E-state index contributed by atoms with van der Waals surface area (Å²) in [6.45, 7) is 0.319. The van der Waals surface area contributed by atoms with Gasteiger partial charge in [-0.1, -0.05) is 52.3 Å². The molecular weight excluding hydrogens is 509 g/mol. The highest BCUT2D eigenvalue weighted by Crippen LogP contribution is 2.29. The molecule has 1 heterocycles. The average molecular weight is 529 g/mol. The van der Waals surface area contributed by atoms with Crippen molar-refractivity contribution in [1.82, 2.24) is 15.3 Å². The molecule has 3 aromatic carbocycles. The summed E-state index contributed by atoms with van der Waals surface area (Å²) in [6.07, 6.45) is -4.29. The number of anilines is 1. The van der Waals surface area contributed by atoms with Gasteiger partial charge in [-0.15, -0.1) is 0 Å². The summed E-state index contributed by atoms with van der Waals surface area (Å²) in [7, 11) is 0. The van der Waals surface area contributed by atoms with E-state index in [1.807, 2.05) is 48.5 Å². The molecule has 0 aliphatic rings. The molecular formula is C25H20BrF3N4O. The Morgan fingerprint density at radius 2 is 1.74 bits per heavy atom. The van der Waals surface area contributed by atoms with Crippen LogP contribution in [0.25, 0.3) is 22.3 Å². The zero-order valence-corrected chi connectivity index (χ0v) is 19.5. The van der Waals surface area contributed by atoms with Crippen molar-refractivity contribution < 1.29 is 18.0 Å². The predicted molar refractivity (Wildman–Crippen MR) is 129 cm³/mol. The Balaban J connectivity index is 1.41. The van der Waals surface area contributed by atoms with Gasteiger partial charge in [-0.05, 0) is 42.0 Å². The number of amides is 1. The van der Waals surface area contributed by atoms with Crippen LogP contribution in [0.5, 0.6) is 0 Å². The summed E-state index contributed by atoms with van der Waals surface area (Å²) in [5.74, 6) is 0.873. The first kappa shape index (κ1) is 23.7. The number of hydrogen-bond donors (Lipinski definition) is 2. The Labute approximate surface area is 202 Å². The normalized spacial score (nSPS) is 11.4. The molecule has 9 heteroatoms. The van der Waals surface area contributed by atoms with Gasteiger partial charge in [-0.3, -0.25) is 4.79 Å². The molecule has 0 aliphatic carbocycles. The first-order valence-corrected chi connectivity index (χ1v) is 11.3. The number of halogens is 4. The molecule has 0 fully saturated rings. The van der Waals surface area contributed by atoms with Crippen LogP contribution in [0.1, 0.15) is 17.5 Å². The zero-order valence-electron chi connectivity index (χ0n) is 17.9. The van der Waals surface area contributed by atoms with E-state index in [9.17, 15) is 18.0 Å². The Bertz CT molecular complexity index is 1330. The third-order valence-corrected chi connectivity index (χ3v) is 5.57. The first-order chi connectivity index (χ1) is 16.3. The van der Waals surface area contributed by atoms with E-state index in [1.165, 1.54) is 6.07 Å². The van der Waals surface area contributed by atoms with Crippen molar-refractivity contribution in [2.75, 3.05) is 11.9 Å². The van der Waals surface area contributed by atoms with E-state index >= 15 is 0 Å². The molecule has 0 spiro atoms. The van der Waals surface area contributed by atoms with E-state index in [0.717, 1.165) is 33.1 Å². The molecule has 174 valence electrons. The standard InChI is InChI=1S/C25H20BrF3N4O/c26-19-8-4-6-17(14-19)23-32-21-10-2-1-9-20(21)24(33-23)30-12-11-22(34)31-15-16-5-3-7-18(13-16)25(27,28)29/h1-10,13-14H,11-12,15H2,(H,31,34)(H,30,32,33). The summed E-state index contributed by atoms with van der Waals surface area (Å²) < 4.78 is 39.5. The number of nitrogens with one attached hydrogen (secondary N) is 2. The highest BCUT2D eigenvalue weighted by molar-refractivity contribution is 9.10. The van der Waals surface area contributed by atoms with Crippen molar-refractivity contribution in [2.45, 2.75) is 19.1 Å². The molecule has 1 aromatic heterocycles. The molecule has 4 aromatic rings. The SMILES string of the molecule is O=C(CCNc1nc(-c2cccc(Br)c2)nc2ccccc12)NCc1cccc(C(F)(F)F)c1. The van der Waals surface area contributed by atoms with Crippen LogP contribution in [0.15, 0.2) is 77.3 Å². The Kier molecular flexibility index (Phi) is 7.12. The van der Waals surface area contributed by atoms with Crippen LogP contribution in [0, 0.1) is 0 Å². The quantitative estimate of drug-likeness (QED) is 0.300. The van der Waals surface area contributed by atoms with Gasteiger partial charge in [0.1, 0.15) is 5.82 Å². The molecule has 4 rings (SSSR count). The molecule has 0 radical (unpaired) electrons. The number of aromatic nitrogens is 2. The molecule has 5 nitrogen and oxygen atoms in total. The van der Waals surface area contributed by atoms with Gasteiger partial charge in [-0.25, -0.2) is 9.97 Å². The lowest BCUT2D eigenvalue weighted by Gasteiger charge is -2.12. The minimum atomic E-state index is -4.42. The van der Waals surface area contributed by atoms with Gasteiger partial charge >= 0.3 is 6.18 Å². The smallest absolute Gasteiger partial charge is 0.369 e. The lowest BCUT2D eigenvalue weighted by Crippen LogP contribution is -2.25. The van der Waals surface area contributed by atoms with Gasteiger partial charge in [0.25, 0.3) is 0 Å². The van der Waals surface area contributed by atoms with Crippen molar-refractivity contribution in [2.24, 2.45) is 0 Å². The van der Waals surface area contributed by atoms with E-state index in [-0.39, 0.29) is 18.9 Å². The maximum atomic E-state index is 12.9. The van der Waals surface area contributed by atoms with Crippen LogP contribution in [0.2, 0.25) is 0 Å².